The van der Waals surface area contributed by atoms with Crippen LogP contribution < -0.4 is 0 Å². The molecule has 4 nitrogen and oxygen atoms in total. The maximum atomic E-state index is 11.0. The van der Waals surface area contributed by atoms with Crippen LogP contribution in [-0.4, -0.2) is 24.2 Å². The van der Waals surface area contributed by atoms with E-state index < -0.39 is 11.9 Å². The van der Waals surface area contributed by atoms with E-state index in [0.29, 0.717) is 10.4 Å². The zero-order valence-corrected chi connectivity index (χ0v) is 8.21. The summed E-state index contributed by atoms with van der Waals surface area (Å²) in [5.41, 5.74) is 0.433. The second kappa shape index (κ2) is 4.57. The molecule has 0 radical (unpaired) electrons. The second-order valence-electron chi connectivity index (χ2n) is 2.40. The molecule has 0 bridgehead atoms. The van der Waals surface area contributed by atoms with Gasteiger partial charge < -0.3 is 9.84 Å². The standard InChI is InChI=1S/C9H8O4S/c1-13-9(12)6-4-7(14-5-6)2-3-8(10)11/h2-5H,1H3,(H,10,11). The summed E-state index contributed by atoms with van der Waals surface area (Å²) >= 11 is 1.28. The second-order valence-corrected chi connectivity index (χ2v) is 3.34. The molecule has 0 amide bonds. The summed E-state index contributed by atoms with van der Waals surface area (Å²) in [7, 11) is 1.30. The third-order valence-corrected chi connectivity index (χ3v) is 2.33. The largest absolute Gasteiger partial charge is 0.478 e. The molecule has 0 fully saturated rings. The summed E-state index contributed by atoms with van der Waals surface area (Å²) in [6.07, 6.45) is 2.45. The average molecular weight is 212 g/mol. The highest BCUT2D eigenvalue weighted by molar-refractivity contribution is 7.11. The number of hydrogen-bond acceptors (Lipinski definition) is 4. The van der Waals surface area contributed by atoms with E-state index >= 15 is 0 Å². The van der Waals surface area contributed by atoms with E-state index in [9.17, 15) is 9.59 Å². The summed E-state index contributed by atoms with van der Waals surface area (Å²) in [4.78, 5) is 21.9. The summed E-state index contributed by atoms with van der Waals surface area (Å²) in [6, 6.07) is 1.58. The number of carboxylic acids is 1. The summed E-state index contributed by atoms with van der Waals surface area (Å²) < 4.78 is 4.50. The lowest BCUT2D eigenvalue weighted by Gasteiger charge is -1.91. The predicted molar refractivity (Wildman–Crippen MR) is 52.3 cm³/mol. The Morgan fingerprint density at radius 3 is 2.86 bits per heavy atom. The van der Waals surface area contributed by atoms with Crippen LogP contribution in [0, 0.1) is 0 Å². The van der Waals surface area contributed by atoms with Crippen molar-refractivity contribution in [1.29, 1.82) is 0 Å². The number of ether oxygens (including phenoxy) is 1. The molecule has 1 aromatic heterocycles. The van der Waals surface area contributed by atoms with Crippen LogP contribution in [-0.2, 0) is 9.53 Å². The van der Waals surface area contributed by atoms with Crippen molar-refractivity contribution in [2.75, 3.05) is 7.11 Å². The molecule has 0 saturated carbocycles. The average Bonchev–Trinajstić information content (AvgIpc) is 2.62. The molecule has 1 aromatic rings. The van der Waals surface area contributed by atoms with E-state index in [2.05, 4.69) is 4.74 Å². The van der Waals surface area contributed by atoms with E-state index in [1.165, 1.54) is 24.5 Å². The van der Waals surface area contributed by atoms with Gasteiger partial charge in [-0.1, -0.05) is 0 Å². The Morgan fingerprint density at radius 2 is 2.29 bits per heavy atom. The van der Waals surface area contributed by atoms with Gasteiger partial charge in [-0.25, -0.2) is 9.59 Å². The lowest BCUT2D eigenvalue weighted by molar-refractivity contribution is -0.131. The molecule has 74 valence electrons. The van der Waals surface area contributed by atoms with E-state index in [1.54, 1.807) is 11.4 Å². The minimum atomic E-state index is -1.02. The van der Waals surface area contributed by atoms with Gasteiger partial charge in [0.1, 0.15) is 0 Å². The Labute approximate surface area is 84.4 Å². The van der Waals surface area contributed by atoms with Gasteiger partial charge in [0.25, 0.3) is 0 Å². The fraction of sp³-hybridized carbons (Fsp3) is 0.111. The van der Waals surface area contributed by atoms with E-state index in [0.717, 1.165) is 6.08 Å². The highest BCUT2D eigenvalue weighted by Crippen LogP contribution is 2.16. The molecule has 1 heterocycles. The normalized spacial score (nSPS) is 10.4. The van der Waals surface area contributed by atoms with Crippen LogP contribution >= 0.6 is 11.3 Å². The first kappa shape index (κ1) is 10.5. The number of carbonyl (C=O) groups excluding carboxylic acids is 1. The van der Waals surface area contributed by atoms with Gasteiger partial charge in [0.15, 0.2) is 0 Å². The fourth-order valence-electron chi connectivity index (χ4n) is 0.819. The minimum Gasteiger partial charge on any atom is -0.478 e. The Kier molecular flexibility index (Phi) is 3.41. The molecule has 0 aliphatic rings. The maximum Gasteiger partial charge on any atom is 0.338 e. The van der Waals surface area contributed by atoms with Gasteiger partial charge >= 0.3 is 11.9 Å². The van der Waals surface area contributed by atoms with Crippen LogP contribution in [0.3, 0.4) is 0 Å². The summed E-state index contributed by atoms with van der Waals surface area (Å²) in [5.74, 6) is -1.44. The molecule has 0 saturated heterocycles. The first-order valence-electron chi connectivity index (χ1n) is 3.71. The van der Waals surface area contributed by atoms with Crippen molar-refractivity contribution >= 4 is 29.4 Å². The molecular formula is C9H8O4S. The van der Waals surface area contributed by atoms with Crippen molar-refractivity contribution in [3.05, 3.63) is 28.0 Å². The van der Waals surface area contributed by atoms with Gasteiger partial charge in [0, 0.05) is 16.3 Å². The summed E-state index contributed by atoms with van der Waals surface area (Å²) in [6.45, 7) is 0. The monoisotopic (exact) mass is 212 g/mol. The molecule has 5 heteroatoms. The van der Waals surface area contributed by atoms with Crippen LogP contribution in [0.5, 0.6) is 0 Å². The van der Waals surface area contributed by atoms with Crippen LogP contribution in [0.1, 0.15) is 15.2 Å². The highest BCUT2D eigenvalue weighted by Gasteiger charge is 2.06. The number of carbonyl (C=O) groups is 2. The van der Waals surface area contributed by atoms with Crippen molar-refractivity contribution < 1.29 is 19.4 Å². The lowest BCUT2D eigenvalue weighted by atomic mass is 10.3. The van der Waals surface area contributed by atoms with Crippen LogP contribution in [0.25, 0.3) is 6.08 Å². The van der Waals surface area contributed by atoms with E-state index in [-0.39, 0.29) is 0 Å². The maximum absolute atomic E-state index is 11.0. The topological polar surface area (TPSA) is 63.6 Å². The Hall–Kier alpha value is -1.62. The Balaban J connectivity index is 2.78. The van der Waals surface area contributed by atoms with Crippen LogP contribution in [0.2, 0.25) is 0 Å². The van der Waals surface area contributed by atoms with Gasteiger partial charge in [-0.15, -0.1) is 11.3 Å². The smallest absolute Gasteiger partial charge is 0.338 e. The molecule has 0 unspecified atom stereocenters. The van der Waals surface area contributed by atoms with Gasteiger partial charge in [-0.05, 0) is 12.1 Å². The molecule has 0 aliphatic carbocycles. The fourth-order valence-corrected chi connectivity index (χ4v) is 1.59. The minimum absolute atomic E-state index is 0.420. The number of methoxy groups -OCH3 is 1. The zero-order chi connectivity index (χ0) is 10.6. The number of thiophene rings is 1. The first-order chi connectivity index (χ1) is 6.63. The van der Waals surface area contributed by atoms with Gasteiger partial charge in [-0.2, -0.15) is 0 Å². The molecule has 0 aliphatic heterocycles. The number of rotatable bonds is 3. The molecule has 0 aromatic carbocycles. The summed E-state index contributed by atoms with van der Waals surface area (Å²) in [5, 5.41) is 9.98. The highest BCUT2D eigenvalue weighted by atomic mass is 32.1. The molecule has 0 spiro atoms. The number of hydrogen-bond donors (Lipinski definition) is 1. The molecular weight excluding hydrogens is 204 g/mol. The third kappa shape index (κ3) is 2.70. The Morgan fingerprint density at radius 1 is 1.57 bits per heavy atom. The molecule has 1 N–H and O–H groups in total. The first-order valence-corrected chi connectivity index (χ1v) is 4.59. The number of carboxylic acid groups (broad SMARTS) is 1. The van der Waals surface area contributed by atoms with E-state index in [4.69, 9.17) is 5.11 Å². The molecule has 1 rings (SSSR count). The lowest BCUT2D eigenvalue weighted by Crippen LogP contribution is -1.97. The number of esters is 1. The van der Waals surface area contributed by atoms with Crippen molar-refractivity contribution in [3.63, 3.8) is 0 Å². The number of aliphatic carboxylic acids is 1. The van der Waals surface area contributed by atoms with Crippen molar-refractivity contribution in [2.24, 2.45) is 0 Å². The van der Waals surface area contributed by atoms with Crippen molar-refractivity contribution in [1.82, 2.24) is 0 Å². The van der Waals surface area contributed by atoms with Crippen LogP contribution in [0.4, 0.5) is 0 Å². The van der Waals surface area contributed by atoms with Crippen molar-refractivity contribution in [3.8, 4) is 0 Å². The van der Waals surface area contributed by atoms with Crippen LogP contribution in [0.15, 0.2) is 17.5 Å². The third-order valence-electron chi connectivity index (χ3n) is 1.43. The van der Waals surface area contributed by atoms with Crippen molar-refractivity contribution in [2.45, 2.75) is 0 Å². The Bertz CT molecular complexity index is 378. The van der Waals surface area contributed by atoms with Gasteiger partial charge in [-0.3, -0.25) is 0 Å². The molecule has 0 atom stereocenters. The predicted octanol–water partition coefficient (Wildman–Crippen LogP) is 1.63. The van der Waals surface area contributed by atoms with Gasteiger partial charge in [0.05, 0.1) is 12.7 Å². The molecule has 14 heavy (non-hydrogen) atoms. The SMILES string of the molecule is COC(=O)c1csc(C=CC(=O)O)c1. The quantitative estimate of drug-likeness (QED) is 0.611. The van der Waals surface area contributed by atoms with Gasteiger partial charge in [0.2, 0.25) is 0 Å². The van der Waals surface area contributed by atoms with E-state index in [1.807, 2.05) is 0 Å². The zero-order valence-electron chi connectivity index (χ0n) is 7.39.